The third-order valence-corrected chi connectivity index (χ3v) is 4.16. The monoisotopic (exact) mass is 282 g/mol. The van der Waals surface area contributed by atoms with Crippen LogP contribution in [0.3, 0.4) is 0 Å². The Balaban J connectivity index is 1.85. The summed E-state index contributed by atoms with van der Waals surface area (Å²) in [4.78, 5) is 2.54. The predicted octanol–water partition coefficient (Wildman–Crippen LogP) is 2.92. The van der Waals surface area contributed by atoms with Crippen LogP contribution in [-0.2, 0) is 6.54 Å². The predicted molar refractivity (Wildman–Crippen MR) is 80.0 cm³/mol. The van der Waals surface area contributed by atoms with Gasteiger partial charge >= 0.3 is 0 Å². The molecule has 0 amide bonds. The van der Waals surface area contributed by atoms with E-state index in [0.717, 1.165) is 29.4 Å². The molecule has 3 nitrogen and oxygen atoms in total. The Bertz CT molecular complexity index is 405. The summed E-state index contributed by atoms with van der Waals surface area (Å²) >= 11 is 6.22. The molecular formula is C15H23ClN2O. The van der Waals surface area contributed by atoms with Gasteiger partial charge in [0.15, 0.2) is 0 Å². The maximum atomic E-state index is 6.22. The Morgan fingerprint density at radius 2 is 2.11 bits per heavy atom. The number of halogens is 1. The molecule has 1 saturated heterocycles. The van der Waals surface area contributed by atoms with Gasteiger partial charge < -0.3 is 10.1 Å². The number of nitrogens with zero attached hydrogens (tertiary/aromatic N) is 1. The van der Waals surface area contributed by atoms with Crippen molar-refractivity contribution in [1.29, 1.82) is 0 Å². The Hall–Kier alpha value is -0.770. The van der Waals surface area contributed by atoms with Crippen LogP contribution in [0.4, 0.5) is 0 Å². The summed E-state index contributed by atoms with van der Waals surface area (Å²) < 4.78 is 5.35. The number of rotatable bonds is 6. The standard InChI is InChI=1S/C15H23ClN2O/c1-12(18-8-3-4-9-18)10-17-11-13-14(16)6-5-7-15(13)19-2/h5-7,12,17H,3-4,8-11H2,1-2H3. The molecule has 1 N–H and O–H groups in total. The van der Waals surface area contributed by atoms with Crippen molar-refractivity contribution in [3.8, 4) is 5.75 Å². The second-order valence-corrected chi connectivity index (χ2v) is 5.55. The van der Waals surface area contributed by atoms with Crippen LogP contribution in [0.15, 0.2) is 18.2 Å². The van der Waals surface area contributed by atoms with Crippen molar-refractivity contribution in [3.05, 3.63) is 28.8 Å². The van der Waals surface area contributed by atoms with Crippen molar-refractivity contribution in [2.45, 2.75) is 32.4 Å². The lowest BCUT2D eigenvalue weighted by molar-refractivity contribution is 0.251. The summed E-state index contributed by atoms with van der Waals surface area (Å²) in [6.45, 7) is 6.48. The molecule has 19 heavy (non-hydrogen) atoms. The number of likely N-dealkylation sites (tertiary alicyclic amines) is 1. The molecule has 0 saturated carbocycles. The molecule has 1 fully saturated rings. The molecule has 1 atom stereocenters. The zero-order valence-electron chi connectivity index (χ0n) is 11.8. The number of methoxy groups -OCH3 is 1. The largest absolute Gasteiger partial charge is 0.496 e. The summed E-state index contributed by atoms with van der Waals surface area (Å²) in [6, 6.07) is 6.35. The number of hydrogen-bond donors (Lipinski definition) is 1. The molecule has 0 aliphatic carbocycles. The Morgan fingerprint density at radius 1 is 1.37 bits per heavy atom. The van der Waals surface area contributed by atoms with Crippen molar-refractivity contribution >= 4 is 11.6 Å². The summed E-state index contributed by atoms with van der Waals surface area (Å²) in [6.07, 6.45) is 2.67. The van der Waals surface area contributed by atoms with Crippen LogP contribution in [0.2, 0.25) is 5.02 Å². The molecule has 1 aromatic carbocycles. The van der Waals surface area contributed by atoms with E-state index in [9.17, 15) is 0 Å². The molecule has 1 heterocycles. The van der Waals surface area contributed by atoms with Crippen molar-refractivity contribution in [2.24, 2.45) is 0 Å². The molecule has 1 aromatic rings. The zero-order chi connectivity index (χ0) is 13.7. The highest BCUT2D eigenvalue weighted by atomic mass is 35.5. The van der Waals surface area contributed by atoms with Gasteiger partial charge in [-0.2, -0.15) is 0 Å². The SMILES string of the molecule is COc1cccc(Cl)c1CNCC(C)N1CCCC1. The molecule has 0 aromatic heterocycles. The van der Waals surface area contributed by atoms with Crippen molar-refractivity contribution < 1.29 is 4.74 Å². The van der Waals surface area contributed by atoms with E-state index in [1.54, 1.807) is 7.11 Å². The highest BCUT2D eigenvalue weighted by Gasteiger charge is 2.17. The van der Waals surface area contributed by atoms with E-state index in [4.69, 9.17) is 16.3 Å². The minimum absolute atomic E-state index is 0.580. The van der Waals surface area contributed by atoms with Crippen LogP contribution < -0.4 is 10.1 Å². The molecule has 1 aliphatic heterocycles. The van der Waals surface area contributed by atoms with Crippen LogP contribution in [0.1, 0.15) is 25.3 Å². The maximum Gasteiger partial charge on any atom is 0.124 e. The van der Waals surface area contributed by atoms with Crippen LogP contribution >= 0.6 is 11.6 Å². The van der Waals surface area contributed by atoms with Crippen molar-refractivity contribution in [2.75, 3.05) is 26.7 Å². The number of nitrogens with one attached hydrogen (secondary N) is 1. The van der Waals surface area contributed by atoms with Gasteiger partial charge in [0.1, 0.15) is 5.75 Å². The fourth-order valence-corrected chi connectivity index (χ4v) is 2.85. The highest BCUT2D eigenvalue weighted by molar-refractivity contribution is 6.31. The number of ether oxygens (including phenoxy) is 1. The van der Waals surface area contributed by atoms with E-state index in [-0.39, 0.29) is 0 Å². The molecule has 1 aliphatic rings. The van der Waals surface area contributed by atoms with Gasteiger partial charge in [0.05, 0.1) is 7.11 Å². The minimum atomic E-state index is 0.580. The maximum absolute atomic E-state index is 6.22. The van der Waals surface area contributed by atoms with Crippen molar-refractivity contribution in [3.63, 3.8) is 0 Å². The molecular weight excluding hydrogens is 260 g/mol. The lowest BCUT2D eigenvalue weighted by atomic mass is 10.2. The van der Waals surface area contributed by atoms with E-state index < -0.39 is 0 Å². The van der Waals surface area contributed by atoms with Crippen molar-refractivity contribution in [1.82, 2.24) is 10.2 Å². The first-order valence-corrected chi connectivity index (χ1v) is 7.36. The molecule has 1 unspecified atom stereocenters. The first kappa shape index (κ1) is 14.6. The lowest BCUT2D eigenvalue weighted by Crippen LogP contribution is -2.38. The average Bonchev–Trinajstić information content (AvgIpc) is 2.94. The normalized spacial score (nSPS) is 17.6. The Labute approximate surface area is 120 Å². The first-order chi connectivity index (χ1) is 9.22. The third kappa shape index (κ3) is 3.85. The molecule has 0 bridgehead atoms. The van der Waals surface area contributed by atoms with E-state index in [0.29, 0.717) is 6.04 Å². The molecule has 0 radical (unpaired) electrons. The minimum Gasteiger partial charge on any atom is -0.496 e. The van der Waals surface area contributed by atoms with E-state index in [2.05, 4.69) is 17.1 Å². The summed E-state index contributed by atoms with van der Waals surface area (Å²) in [7, 11) is 1.68. The second-order valence-electron chi connectivity index (χ2n) is 5.14. The van der Waals surface area contributed by atoms with Gasteiger partial charge in [0, 0.05) is 29.7 Å². The van der Waals surface area contributed by atoms with Gasteiger partial charge in [-0.05, 0) is 45.0 Å². The van der Waals surface area contributed by atoms with Gasteiger partial charge in [0.2, 0.25) is 0 Å². The quantitative estimate of drug-likeness (QED) is 0.868. The van der Waals surface area contributed by atoms with Crippen LogP contribution in [0.5, 0.6) is 5.75 Å². The molecule has 4 heteroatoms. The Morgan fingerprint density at radius 3 is 2.79 bits per heavy atom. The smallest absolute Gasteiger partial charge is 0.124 e. The zero-order valence-corrected chi connectivity index (χ0v) is 12.5. The van der Waals surface area contributed by atoms with Gasteiger partial charge in [0.25, 0.3) is 0 Å². The highest BCUT2D eigenvalue weighted by Crippen LogP contribution is 2.25. The van der Waals surface area contributed by atoms with Gasteiger partial charge in [-0.1, -0.05) is 17.7 Å². The molecule has 106 valence electrons. The van der Waals surface area contributed by atoms with E-state index >= 15 is 0 Å². The van der Waals surface area contributed by atoms with Gasteiger partial charge in [-0.15, -0.1) is 0 Å². The number of benzene rings is 1. The fraction of sp³-hybridized carbons (Fsp3) is 0.600. The second kappa shape index (κ2) is 7.13. The summed E-state index contributed by atoms with van der Waals surface area (Å²) in [5, 5.41) is 4.25. The lowest BCUT2D eigenvalue weighted by Gasteiger charge is -2.24. The summed E-state index contributed by atoms with van der Waals surface area (Å²) in [5.74, 6) is 0.855. The third-order valence-electron chi connectivity index (χ3n) is 3.80. The fourth-order valence-electron chi connectivity index (χ4n) is 2.62. The van der Waals surface area contributed by atoms with Crippen LogP contribution in [0, 0.1) is 0 Å². The Kier molecular flexibility index (Phi) is 5.49. The summed E-state index contributed by atoms with van der Waals surface area (Å²) in [5.41, 5.74) is 1.04. The van der Waals surface area contributed by atoms with Gasteiger partial charge in [-0.3, -0.25) is 4.90 Å². The van der Waals surface area contributed by atoms with E-state index in [1.807, 2.05) is 18.2 Å². The van der Waals surface area contributed by atoms with Crippen LogP contribution in [-0.4, -0.2) is 37.7 Å². The first-order valence-electron chi connectivity index (χ1n) is 6.98. The number of hydrogen-bond acceptors (Lipinski definition) is 3. The topological polar surface area (TPSA) is 24.5 Å². The van der Waals surface area contributed by atoms with E-state index in [1.165, 1.54) is 25.9 Å². The molecule has 0 spiro atoms. The average molecular weight is 283 g/mol. The van der Waals surface area contributed by atoms with Gasteiger partial charge in [-0.25, -0.2) is 0 Å². The van der Waals surface area contributed by atoms with Crippen LogP contribution in [0.25, 0.3) is 0 Å². The molecule has 2 rings (SSSR count).